The van der Waals surface area contributed by atoms with Gasteiger partial charge in [0.2, 0.25) is 0 Å². The average molecular weight is 430 g/mol. The molecule has 2 amide bonds. The molecule has 0 aromatic heterocycles. The van der Waals surface area contributed by atoms with E-state index in [9.17, 15) is 9.59 Å². The molecule has 0 atom stereocenters. The Kier molecular flexibility index (Phi) is 7.88. The second kappa shape index (κ2) is 9.42. The van der Waals surface area contributed by atoms with Crippen molar-refractivity contribution < 1.29 is 23.8 Å². The number of methoxy groups -OCH3 is 1. The number of likely N-dealkylation sites (N-methyl/N-ethyl adjacent to an activating group) is 1. The molecule has 1 N–H and O–H groups in total. The lowest BCUT2D eigenvalue weighted by atomic mass is 10.2. The second-order valence-electron chi connectivity index (χ2n) is 6.48. The highest BCUT2D eigenvalue weighted by molar-refractivity contribution is 9.10. The maximum atomic E-state index is 11.7. The van der Waals surface area contributed by atoms with E-state index in [1.54, 1.807) is 47.0 Å². The van der Waals surface area contributed by atoms with E-state index in [4.69, 9.17) is 14.2 Å². The number of nitrogens with zero attached hydrogens (tertiary/aromatic N) is 2. The summed E-state index contributed by atoms with van der Waals surface area (Å²) in [4.78, 5) is 24.7. The Labute approximate surface area is 161 Å². The van der Waals surface area contributed by atoms with Crippen LogP contribution in [-0.4, -0.2) is 56.5 Å². The normalized spacial score (nSPS) is 11.2. The third-order valence-electron chi connectivity index (χ3n) is 2.86. The highest BCUT2D eigenvalue weighted by atomic mass is 79.9. The first-order chi connectivity index (χ1) is 12.0. The van der Waals surface area contributed by atoms with Gasteiger partial charge in [0.05, 0.1) is 17.8 Å². The van der Waals surface area contributed by atoms with Crippen molar-refractivity contribution in [1.29, 1.82) is 0 Å². The summed E-state index contributed by atoms with van der Waals surface area (Å²) < 4.78 is 16.5. The van der Waals surface area contributed by atoms with Gasteiger partial charge < -0.3 is 19.1 Å². The number of halogens is 1. The molecule has 0 fully saturated rings. The number of ether oxygens (including phenoxy) is 3. The van der Waals surface area contributed by atoms with Gasteiger partial charge in [-0.05, 0) is 54.4 Å². The van der Waals surface area contributed by atoms with E-state index in [0.717, 1.165) is 0 Å². The molecule has 0 aliphatic carbocycles. The van der Waals surface area contributed by atoms with Crippen LogP contribution < -0.4 is 14.9 Å². The molecule has 9 heteroatoms. The summed E-state index contributed by atoms with van der Waals surface area (Å²) in [5.74, 6) is 0.649. The van der Waals surface area contributed by atoms with Crippen molar-refractivity contribution in [2.24, 2.45) is 5.10 Å². The first-order valence-electron chi connectivity index (χ1n) is 7.76. The van der Waals surface area contributed by atoms with Crippen LogP contribution >= 0.6 is 15.9 Å². The van der Waals surface area contributed by atoms with E-state index in [1.165, 1.54) is 18.2 Å². The summed E-state index contributed by atoms with van der Waals surface area (Å²) in [7, 11) is 4.78. The molecule has 1 aromatic carbocycles. The van der Waals surface area contributed by atoms with E-state index in [-0.39, 0.29) is 12.5 Å². The maximum Gasteiger partial charge on any atom is 0.428 e. The fourth-order valence-corrected chi connectivity index (χ4v) is 2.25. The van der Waals surface area contributed by atoms with Crippen LogP contribution in [0.15, 0.2) is 21.7 Å². The molecule has 0 radical (unpaired) electrons. The average Bonchev–Trinajstić information content (AvgIpc) is 2.51. The minimum Gasteiger partial charge on any atom is -0.493 e. The molecule has 0 saturated carbocycles. The molecule has 0 aliphatic heterocycles. The standard InChI is InChI=1S/C17H24BrN3O5/c1-17(2,3)26-16(23)20-19-9-11-7-12(18)15(13(8-11)24-6)25-10-14(22)21(4)5/h7-9H,10H2,1-6H3,(H,20,23). The van der Waals surface area contributed by atoms with E-state index in [0.29, 0.717) is 21.5 Å². The molecule has 0 heterocycles. The van der Waals surface area contributed by atoms with E-state index < -0.39 is 11.7 Å². The Balaban J connectivity index is 2.83. The topological polar surface area (TPSA) is 89.5 Å². The van der Waals surface area contributed by atoms with E-state index in [1.807, 2.05) is 0 Å². The zero-order valence-corrected chi connectivity index (χ0v) is 17.3. The lowest BCUT2D eigenvalue weighted by Gasteiger charge is -2.18. The van der Waals surface area contributed by atoms with Crippen molar-refractivity contribution in [3.8, 4) is 11.5 Å². The summed E-state index contributed by atoms with van der Waals surface area (Å²) in [5, 5.41) is 3.84. The fraction of sp³-hybridized carbons (Fsp3) is 0.471. The van der Waals surface area contributed by atoms with Crippen LogP contribution in [0.3, 0.4) is 0 Å². The first kappa shape index (κ1) is 21.8. The van der Waals surface area contributed by atoms with Gasteiger partial charge in [0.25, 0.3) is 5.91 Å². The second-order valence-corrected chi connectivity index (χ2v) is 7.34. The molecule has 0 aliphatic rings. The quantitative estimate of drug-likeness (QED) is 0.554. The molecule has 26 heavy (non-hydrogen) atoms. The Bertz CT molecular complexity index is 684. The summed E-state index contributed by atoms with van der Waals surface area (Å²) in [6.07, 6.45) is 0.785. The van der Waals surface area contributed by atoms with Crippen LogP contribution in [-0.2, 0) is 9.53 Å². The molecule has 1 rings (SSSR count). The van der Waals surface area contributed by atoms with Gasteiger partial charge in [-0.2, -0.15) is 5.10 Å². The lowest BCUT2D eigenvalue weighted by Crippen LogP contribution is -2.29. The van der Waals surface area contributed by atoms with Crippen LogP contribution in [0.4, 0.5) is 4.79 Å². The Hall–Kier alpha value is -2.29. The number of carbonyl (C=O) groups excluding carboxylic acids is 2. The number of hydrogen-bond acceptors (Lipinski definition) is 6. The summed E-state index contributed by atoms with van der Waals surface area (Å²) >= 11 is 3.38. The molecule has 0 saturated heterocycles. The van der Waals surface area contributed by atoms with E-state index >= 15 is 0 Å². The van der Waals surface area contributed by atoms with Crippen molar-refractivity contribution in [3.05, 3.63) is 22.2 Å². The first-order valence-corrected chi connectivity index (χ1v) is 8.55. The number of carbonyl (C=O) groups is 2. The largest absolute Gasteiger partial charge is 0.493 e. The van der Waals surface area contributed by atoms with Gasteiger partial charge >= 0.3 is 6.09 Å². The number of nitrogens with one attached hydrogen (secondary N) is 1. The zero-order chi connectivity index (χ0) is 19.9. The number of amides is 2. The van der Waals surface area contributed by atoms with Gasteiger partial charge in [-0.1, -0.05) is 0 Å². The molecular weight excluding hydrogens is 406 g/mol. The number of benzene rings is 1. The monoisotopic (exact) mass is 429 g/mol. The van der Waals surface area contributed by atoms with Crippen LogP contribution in [0.25, 0.3) is 0 Å². The number of hydrazone groups is 1. The molecule has 1 aromatic rings. The third kappa shape index (κ3) is 7.30. The van der Waals surface area contributed by atoms with Crippen molar-refractivity contribution in [2.75, 3.05) is 27.8 Å². The van der Waals surface area contributed by atoms with Crippen LogP contribution in [0.1, 0.15) is 26.3 Å². The van der Waals surface area contributed by atoms with Gasteiger partial charge in [0.15, 0.2) is 18.1 Å². The van der Waals surface area contributed by atoms with Gasteiger partial charge in [-0.3, -0.25) is 4.79 Å². The van der Waals surface area contributed by atoms with Crippen molar-refractivity contribution in [2.45, 2.75) is 26.4 Å². The molecule has 8 nitrogen and oxygen atoms in total. The van der Waals surface area contributed by atoms with Gasteiger partial charge in [0, 0.05) is 14.1 Å². The maximum absolute atomic E-state index is 11.7. The number of hydrogen-bond donors (Lipinski definition) is 1. The Morgan fingerprint density at radius 1 is 1.31 bits per heavy atom. The van der Waals surface area contributed by atoms with Gasteiger partial charge in [-0.15, -0.1) is 0 Å². The Morgan fingerprint density at radius 2 is 1.96 bits per heavy atom. The SMILES string of the molecule is COc1cc(C=NNC(=O)OC(C)(C)C)cc(Br)c1OCC(=O)N(C)C. The zero-order valence-electron chi connectivity index (χ0n) is 15.8. The number of rotatable bonds is 6. The van der Waals surface area contributed by atoms with Gasteiger partial charge in [-0.25, -0.2) is 10.2 Å². The van der Waals surface area contributed by atoms with Crippen LogP contribution in [0, 0.1) is 0 Å². The highest BCUT2D eigenvalue weighted by Gasteiger charge is 2.16. The van der Waals surface area contributed by atoms with Crippen molar-refractivity contribution in [1.82, 2.24) is 10.3 Å². The third-order valence-corrected chi connectivity index (χ3v) is 3.45. The minimum absolute atomic E-state index is 0.115. The lowest BCUT2D eigenvalue weighted by molar-refractivity contribution is -0.130. The molecular formula is C17H24BrN3O5. The predicted molar refractivity (Wildman–Crippen MR) is 102 cm³/mol. The van der Waals surface area contributed by atoms with E-state index in [2.05, 4.69) is 26.5 Å². The molecule has 0 spiro atoms. The predicted octanol–water partition coefficient (Wildman–Crippen LogP) is 2.78. The highest BCUT2D eigenvalue weighted by Crippen LogP contribution is 2.36. The summed E-state index contributed by atoms with van der Waals surface area (Å²) in [6, 6.07) is 3.39. The summed E-state index contributed by atoms with van der Waals surface area (Å²) in [6.45, 7) is 5.17. The molecule has 0 bridgehead atoms. The van der Waals surface area contributed by atoms with Gasteiger partial charge in [0.1, 0.15) is 5.60 Å². The Morgan fingerprint density at radius 3 is 2.50 bits per heavy atom. The minimum atomic E-state index is -0.651. The molecule has 0 unspecified atom stereocenters. The smallest absolute Gasteiger partial charge is 0.428 e. The summed E-state index contributed by atoms with van der Waals surface area (Å²) in [5.41, 5.74) is 2.33. The fourth-order valence-electron chi connectivity index (χ4n) is 1.68. The van der Waals surface area contributed by atoms with Crippen molar-refractivity contribution >= 4 is 34.1 Å². The molecule has 144 valence electrons. The van der Waals surface area contributed by atoms with Crippen LogP contribution in [0.2, 0.25) is 0 Å². The van der Waals surface area contributed by atoms with Crippen molar-refractivity contribution in [3.63, 3.8) is 0 Å². The van der Waals surface area contributed by atoms with Crippen LogP contribution in [0.5, 0.6) is 11.5 Å².